The van der Waals surface area contributed by atoms with Crippen molar-refractivity contribution >= 4 is 11.0 Å². The minimum absolute atomic E-state index is 0.0447. The Kier molecular flexibility index (Phi) is 8.41. The molecule has 0 bridgehead atoms. The summed E-state index contributed by atoms with van der Waals surface area (Å²) in [7, 11) is 0. The van der Waals surface area contributed by atoms with Crippen LogP contribution in [-0.2, 0) is 9.47 Å². The van der Waals surface area contributed by atoms with Crippen LogP contribution in [-0.4, -0.2) is 119 Å². The first-order valence-corrected chi connectivity index (χ1v) is 13.0. The number of phenolic OH excluding ortho intramolecular Hbond substituents is 3. The van der Waals surface area contributed by atoms with Crippen LogP contribution >= 0.6 is 0 Å². The van der Waals surface area contributed by atoms with Crippen molar-refractivity contribution in [3.8, 4) is 40.1 Å². The van der Waals surface area contributed by atoms with Crippen molar-refractivity contribution in [1.29, 1.82) is 0 Å². The molecule has 5 rings (SSSR count). The Hall–Kier alpha value is -3.71. The molecule has 0 unspecified atom stereocenters. The van der Waals surface area contributed by atoms with E-state index in [-0.39, 0.29) is 16.9 Å². The van der Waals surface area contributed by atoms with E-state index in [0.29, 0.717) is 0 Å². The number of aliphatic hydroxyl groups excluding tert-OH is 7. The molecule has 0 aliphatic carbocycles. The average molecular weight is 611 g/mol. The number of benzene rings is 2. The van der Waals surface area contributed by atoms with E-state index in [1.165, 1.54) is 13.0 Å². The third-order valence-electron chi connectivity index (χ3n) is 7.29. The van der Waals surface area contributed by atoms with Gasteiger partial charge in [0.2, 0.25) is 23.8 Å². The molecular formula is C27H30O16. The molecule has 43 heavy (non-hydrogen) atoms. The minimum Gasteiger partial charge on any atom is -0.507 e. The summed E-state index contributed by atoms with van der Waals surface area (Å²) in [6.45, 7) is 0.650. The Labute approximate surface area is 241 Å². The molecule has 10 atom stereocenters. The van der Waals surface area contributed by atoms with Gasteiger partial charge < -0.3 is 74.4 Å². The quantitative estimate of drug-likeness (QED) is 0.135. The van der Waals surface area contributed by atoms with E-state index in [4.69, 9.17) is 23.4 Å². The standard InChI is InChI=1S/C27H30O16/c1-8-17(32)20(35)22(37)26(39-8)40-10-5-13(31)16-14(6-10)41-24(9-2-3-11(29)12(30)4-9)25(19(16)34)43-27-23(38)21(36)18(33)15(7-28)42-27/h2-6,8,15,17-18,20-23,26-33,35-38H,7H2,1H3/t8-,15+,17+,18+,20-,21+,22+,23-,26-,27-/m1/s1. The van der Waals surface area contributed by atoms with Gasteiger partial charge >= 0.3 is 0 Å². The van der Waals surface area contributed by atoms with Gasteiger partial charge in [-0.15, -0.1) is 0 Å². The van der Waals surface area contributed by atoms with Crippen LogP contribution in [0.5, 0.6) is 28.7 Å². The zero-order chi connectivity index (χ0) is 31.3. The summed E-state index contributed by atoms with van der Waals surface area (Å²) in [5, 5.41) is 101. The molecule has 10 N–H and O–H groups in total. The Bertz CT molecular complexity index is 1540. The van der Waals surface area contributed by atoms with Crippen molar-refractivity contribution < 1.29 is 74.4 Å². The first-order valence-electron chi connectivity index (χ1n) is 13.0. The molecule has 2 saturated heterocycles. The predicted molar refractivity (Wildman–Crippen MR) is 140 cm³/mol. The van der Waals surface area contributed by atoms with Crippen LogP contribution < -0.4 is 14.9 Å². The molecule has 2 aliphatic heterocycles. The molecule has 0 spiro atoms. The molecular weight excluding hydrogens is 580 g/mol. The van der Waals surface area contributed by atoms with E-state index in [1.54, 1.807) is 0 Å². The Morgan fingerprint density at radius 1 is 0.744 bits per heavy atom. The zero-order valence-electron chi connectivity index (χ0n) is 22.3. The molecule has 16 nitrogen and oxygen atoms in total. The lowest BCUT2D eigenvalue weighted by Gasteiger charge is -2.39. The normalized spacial score (nSPS) is 32.9. The third-order valence-corrected chi connectivity index (χ3v) is 7.29. The average Bonchev–Trinajstić information content (AvgIpc) is 2.97. The van der Waals surface area contributed by atoms with Crippen molar-refractivity contribution in [2.24, 2.45) is 0 Å². The first kappa shape index (κ1) is 30.7. The molecule has 0 saturated carbocycles. The smallest absolute Gasteiger partial charge is 0.239 e. The predicted octanol–water partition coefficient (Wildman–Crippen LogP) is -2.04. The number of phenols is 3. The fourth-order valence-electron chi connectivity index (χ4n) is 4.81. The second-order valence-electron chi connectivity index (χ2n) is 10.2. The molecule has 2 aromatic carbocycles. The Balaban J connectivity index is 1.61. The lowest BCUT2D eigenvalue weighted by atomic mass is 9.99. The number of hydrogen-bond acceptors (Lipinski definition) is 16. The summed E-state index contributed by atoms with van der Waals surface area (Å²) in [4.78, 5) is 13.7. The van der Waals surface area contributed by atoms with Crippen LogP contribution in [0, 0.1) is 0 Å². The van der Waals surface area contributed by atoms with Crippen LogP contribution in [0.4, 0.5) is 0 Å². The summed E-state index contributed by atoms with van der Waals surface area (Å²) in [5.74, 6) is -3.14. The molecule has 3 aromatic rings. The molecule has 3 heterocycles. The van der Waals surface area contributed by atoms with Crippen LogP contribution in [0.15, 0.2) is 39.5 Å². The molecule has 16 heteroatoms. The van der Waals surface area contributed by atoms with Crippen LogP contribution in [0.1, 0.15) is 6.92 Å². The van der Waals surface area contributed by atoms with Crippen molar-refractivity contribution in [2.45, 2.75) is 68.3 Å². The molecule has 0 radical (unpaired) electrons. The van der Waals surface area contributed by atoms with Gasteiger partial charge in [-0.1, -0.05) is 0 Å². The lowest BCUT2D eigenvalue weighted by molar-refractivity contribution is -0.277. The van der Waals surface area contributed by atoms with Gasteiger partial charge in [0.15, 0.2) is 17.3 Å². The summed E-state index contributed by atoms with van der Waals surface area (Å²) in [5.41, 5.74) is -1.40. The number of aliphatic hydroxyl groups is 7. The van der Waals surface area contributed by atoms with Crippen molar-refractivity contribution in [3.05, 3.63) is 40.6 Å². The van der Waals surface area contributed by atoms with Gasteiger partial charge in [-0.3, -0.25) is 4.79 Å². The highest BCUT2D eigenvalue weighted by Gasteiger charge is 2.46. The first-order chi connectivity index (χ1) is 20.3. The molecule has 2 aliphatic rings. The summed E-state index contributed by atoms with van der Waals surface area (Å²) >= 11 is 0. The lowest BCUT2D eigenvalue weighted by Crippen LogP contribution is -2.60. The van der Waals surface area contributed by atoms with Crippen LogP contribution in [0.3, 0.4) is 0 Å². The van der Waals surface area contributed by atoms with E-state index < -0.39 is 108 Å². The van der Waals surface area contributed by atoms with Gasteiger partial charge in [0.25, 0.3) is 0 Å². The van der Waals surface area contributed by atoms with E-state index in [0.717, 1.165) is 24.3 Å². The summed E-state index contributed by atoms with van der Waals surface area (Å²) < 4.78 is 27.8. The van der Waals surface area contributed by atoms with Gasteiger partial charge in [-0.2, -0.15) is 0 Å². The van der Waals surface area contributed by atoms with Crippen molar-refractivity contribution in [3.63, 3.8) is 0 Å². The number of hydrogen-bond donors (Lipinski definition) is 10. The SMILES string of the molecule is C[C@H]1O[C@H](Oc2cc(O)c3c(=O)c(O[C@H]4O[C@@H](CO)[C@H](O)[C@H](O)[C@H]4O)c(-c4ccc(O)c(O)c4)oc3c2)[C@@H](O)[C@H](O)[C@H]1O. The fraction of sp³-hybridized carbons (Fsp3) is 0.444. The molecule has 1 aromatic heterocycles. The number of fused-ring (bicyclic) bond motifs is 1. The second-order valence-corrected chi connectivity index (χ2v) is 10.2. The number of aromatic hydroxyl groups is 3. The summed E-state index contributed by atoms with van der Waals surface area (Å²) in [6.07, 6.45) is -15.9. The van der Waals surface area contributed by atoms with Crippen LogP contribution in [0.2, 0.25) is 0 Å². The Morgan fingerprint density at radius 2 is 1.40 bits per heavy atom. The van der Waals surface area contributed by atoms with Gasteiger partial charge in [-0.05, 0) is 25.1 Å². The fourth-order valence-corrected chi connectivity index (χ4v) is 4.81. The maximum absolute atomic E-state index is 13.7. The zero-order valence-corrected chi connectivity index (χ0v) is 22.3. The van der Waals surface area contributed by atoms with Gasteiger partial charge in [0, 0.05) is 17.7 Å². The Morgan fingerprint density at radius 3 is 2.05 bits per heavy atom. The number of ether oxygens (including phenoxy) is 4. The number of rotatable bonds is 6. The van der Waals surface area contributed by atoms with E-state index in [2.05, 4.69) is 0 Å². The summed E-state index contributed by atoms with van der Waals surface area (Å²) in [6, 6.07) is 5.43. The topological polar surface area (TPSA) is 269 Å². The monoisotopic (exact) mass is 610 g/mol. The minimum atomic E-state index is -1.92. The molecule has 234 valence electrons. The third kappa shape index (κ3) is 5.55. The van der Waals surface area contributed by atoms with E-state index in [1.807, 2.05) is 0 Å². The maximum atomic E-state index is 13.7. The molecule has 2 fully saturated rings. The highest BCUT2D eigenvalue weighted by atomic mass is 16.7. The highest BCUT2D eigenvalue weighted by molar-refractivity contribution is 5.88. The van der Waals surface area contributed by atoms with Crippen LogP contribution in [0.25, 0.3) is 22.3 Å². The molecule has 0 amide bonds. The largest absolute Gasteiger partial charge is 0.507 e. The van der Waals surface area contributed by atoms with E-state index in [9.17, 15) is 55.9 Å². The maximum Gasteiger partial charge on any atom is 0.239 e. The van der Waals surface area contributed by atoms with Crippen molar-refractivity contribution in [2.75, 3.05) is 6.61 Å². The highest BCUT2D eigenvalue weighted by Crippen LogP contribution is 2.40. The van der Waals surface area contributed by atoms with Gasteiger partial charge in [0.1, 0.15) is 65.2 Å². The van der Waals surface area contributed by atoms with Gasteiger partial charge in [-0.25, -0.2) is 0 Å². The van der Waals surface area contributed by atoms with Gasteiger partial charge in [0.05, 0.1) is 12.7 Å². The van der Waals surface area contributed by atoms with E-state index >= 15 is 0 Å². The second kappa shape index (κ2) is 11.8. The van der Waals surface area contributed by atoms with Crippen molar-refractivity contribution in [1.82, 2.24) is 0 Å².